The summed E-state index contributed by atoms with van der Waals surface area (Å²) in [5, 5.41) is 6.74. The molecule has 0 saturated carbocycles. The van der Waals surface area contributed by atoms with Crippen molar-refractivity contribution in [3.8, 4) is 0 Å². The molecule has 0 fully saturated rings. The number of hydrogen-bond acceptors (Lipinski definition) is 6. The Bertz CT molecular complexity index is 417. The van der Waals surface area contributed by atoms with Crippen molar-refractivity contribution in [1.82, 2.24) is 9.78 Å². The summed E-state index contributed by atoms with van der Waals surface area (Å²) in [7, 11) is -1.17. The lowest BCUT2D eigenvalue weighted by molar-refractivity contribution is 0.381. The minimum atomic E-state index is -4.67. The quantitative estimate of drug-likeness (QED) is 0.389. The molecule has 0 amide bonds. The highest BCUT2D eigenvalue weighted by atomic mass is 32.3. The molecule has 0 unspecified atom stereocenters. The van der Waals surface area contributed by atoms with Crippen molar-refractivity contribution < 1.29 is 17.5 Å². The molecule has 0 atom stereocenters. The average molecular weight is 239 g/mol. The number of aromatic nitrogens is 2. The second-order valence-electron chi connectivity index (χ2n) is 2.47. The van der Waals surface area contributed by atoms with Gasteiger partial charge in [0.25, 0.3) is 0 Å². The van der Waals surface area contributed by atoms with Gasteiger partial charge in [0.15, 0.2) is 5.82 Å². The summed E-state index contributed by atoms with van der Waals surface area (Å²) in [4.78, 5) is 0. The maximum atomic E-state index is 8.74. The molecule has 0 radical (unpaired) electrons. The SMILES string of the molecule is CNc1c(N)nn(C)c1N.O=S(=O)(O)O. The van der Waals surface area contributed by atoms with Gasteiger partial charge in [-0.3, -0.25) is 9.11 Å². The number of nitrogen functional groups attached to an aromatic ring is 2. The Labute approximate surface area is 86.6 Å². The Balaban J connectivity index is 0.000000336. The summed E-state index contributed by atoms with van der Waals surface area (Å²) in [5.74, 6) is 0.988. The van der Waals surface area contributed by atoms with Crippen LogP contribution in [0.4, 0.5) is 17.3 Å². The third-order valence-corrected chi connectivity index (χ3v) is 1.37. The summed E-state index contributed by atoms with van der Waals surface area (Å²) in [6, 6.07) is 0. The Hall–Kier alpha value is -1.52. The summed E-state index contributed by atoms with van der Waals surface area (Å²) < 4.78 is 33.1. The van der Waals surface area contributed by atoms with Crippen LogP contribution in [0.25, 0.3) is 0 Å². The molecular weight excluding hydrogens is 226 g/mol. The van der Waals surface area contributed by atoms with Crippen LogP contribution in [0.2, 0.25) is 0 Å². The van der Waals surface area contributed by atoms with Gasteiger partial charge >= 0.3 is 10.4 Å². The number of aryl methyl sites for hydroxylation is 1. The standard InChI is InChI=1S/C5H11N5.H2O4S/c1-8-3-4(6)9-10(2)5(3)7;1-5(2,3)4/h8H,7H2,1-2H3,(H2,6,9);(H2,1,2,3,4). The van der Waals surface area contributed by atoms with Crippen molar-refractivity contribution in [2.75, 3.05) is 23.8 Å². The molecule has 1 rings (SSSR count). The first-order valence-electron chi connectivity index (χ1n) is 3.62. The van der Waals surface area contributed by atoms with Crippen molar-refractivity contribution in [3.05, 3.63) is 0 Å². The van der Waals surface area contributed by atoms with Gasteiger partial charge in [-0.15, -0.1) is 0 Å². The number of anilines is 3. The van der Waals surface area contributed by atoms with E-state index in [0.717, 1.165) is 0 Å². The molecule has 10 heteroatoms. The fraction of sp³-hybridized carbons (Fsp3) is 0.400. The maximum absolute atomic E-state index is 8.74. The Morgan fingerprint density at radius 3 is 1.93 bits per heavy atom. The van der Waals surface area contributed by atoms with Crippen LogP contribution in [0.15, 0.2) is 0 Å². The number of rotatable bonds is 1. The molecule has 0 aromatic carbocycles. The normalized spacial score (nSPS) is 10.4. The Kier molecular flexibility index (Phi) is 4.33. The third kappa shape index (κ3) is 5.05. The van der Waals surface area contributed by atoms with Crippen molar-refractivity contribution in [1.29, 1.82) is 0 Å². The van der Waals surface area contributed by atoms with Gasteiger partial charge in [-0.25, -0.2) is 4.68 Å². The van der Waals surface area contributed by atoms with Crippen molar-refractivity contribution in [3.63, 3.8) is 0 Å². The second-order valence-corrected chi connectivity index (χ2v) is 3.36. The van der Waals surface area contributed by atoms with E-state index in [0.29, 0.717) is 17.3 Å². The zero-order valence-electron chi connectivity index (χ0n) is 8.17. The van der Waals surface area contributed by atoms with Crippen molar-refractivity contribution in [2.24, 2.45) is 7.05 Å². The third-order valence-electron chi connectivity index (χ3n) is 1.37. The van der Waals surface area contributed by atoms with E-state index in [4.69, 9.17) is 29.0 Å². The lowest BCUT2D eigenvalue weighted by Crippen LogP contribution is -1.99. The summed E-state index contributed by atoms with van der Waals surface area (Å²) >= 11 is 0. The summed E-state index contributed by atoms with van der Waals surface area (Å²) in [6.07, 6.45) is 0. The molecule has 7 N–H and O–H groups in total. The van der Waals surface area contributed by atoms with Crippen LogP contribution >= 0.6 is 0 Å². The topological polar surface area (TPSA) is 156 Å². The highest BCUT2D eigenvalue weighted by Crippen LogP contribution is 2.22. The lowest BCUT2D eigenvalue weighted by Gasteiger charge is -1.97. The van der Waals surface area contributed by atoms with E-state index in [1.807, 2.05) is 0 Å². The highest BCUT2D eigenvalue weighted by Gasteiger charge is 2.07. The molecule has 1 aromatic rings. The van der Waals surface area contributed by atoms with E-state index < -0.39 is 10.4 Å². The summed E-state index contributed by atoms with van der Waals surface area (Å²) in [6.45, 7) is 0. The van der Waals surface area contributed by atoms with Crippen LogP contribution in [0.1, 0.15) is 0 Å². The van der Waals surface area contributed by atoms with Gasteiger partial charge in [0.2, 0.25) is 0 Å². The summed E-state index contributed by atoms with van der Waals surface area (Å²) in [5.41, 5.74) is 11.7. The minimum Gasteiger partial charge on any atom is -0.382 e. The largest absolute Gasteiger partial charge is 0.394 e. The van der Waals surface area contributed by atoms with E-state index in [1.54, 1.807) is 14.1 Å². The first-order chi connectivity index (χ1) is 6.66. The monoisotopic (exact) mass is 239 g/mol. The van der Waals surface area contributed by atoms with Gasteiger partial charge in [0.05, 0.1) is 0 Å². The van der Waals surface area contributed by atoms with Crippen LogP contribution in [-0.2, 0) is 17.4 Å². The van der Waals surface area contributed by atoms with Crippen LogP contribution < -0.4 is 16.8 Å². The van der Waals surface area contributed by atoms with Gasteiger partial charge in [-0.05, 0) is 0 Å². The van der Waals surface area contributed by atoms with Crippen molar-refractivity contribution >= 4 is 27.7 Å². The number of nitrogens with zero attached hydrogens (tertiary/aromatic N) is 2. The molecule has 9 nitrogen and oxygen atoms in total. The molecule has 0 bridgehead atoms. The van der Waals surface area contributed by atoms with E-state index in [9.17, 15) is 0 Å². The minimum absolute atomic E-state index is 0.433. The molecule has 0 aliphatic rings. The Morgan fingerprint density at radius 2 is 1.80 bits per heavy atom. The van der Waals surface area contributed by atoms with Gasteiger partial charge in [0, 0.05) is 14.1 Å². The highest BCUT2D eigenvalue weighted by molar-refractivity contribution is 7.79. The first kappa shape index (κ1) is 13.5. The van der Waals surface area contributed by atoms with Crippen LogP contribution in [0, 0.1) is 0 Å². The number of hydrogen-bond donors (Lipinski definition) is 5. The second kappa shape index (κ2) is 4.82. The average Bonchev–Trinajstić information content (AvgIpc) is 2.23. The maximum Gasteiger partial charge on any atom is 0.394 e. The smallest absolute Gasteiger partial charge is 0.382 e. The number of nitrogens with one attached hydrogen (secondary N) is 1. The fourth-order valence-electron chi connectivity index (χ4n) is 0.815. The molecule has 0 aliphatic heterocycles. The van der Waals surface area contributed by atoms with Crippen LogP contribution in [0.5, 0.6) is 0 Å². The zero-order chi connectivity index (χ0) is 12.2. The Morgan fingerprint density at radius 1 is 1.40 bits per heavy atom. The van der Waals surface area contributed by atoms with E-state index in [-0.39, 0.29) is 0 Å². The predicted octanol–water partition coefficient (Wildman–Crippen LogP) is -1.03. The molecule has 0 spiro atoms. The molecule has 0 saturated heterocycles. The molecular formula is C5H13N5O4S. The molecule has 15 heavy (non-hydrogen) atoms. The van der Waals surface area contributed by atoms with E-state index in [2.05, 4.69) is 10.4 Å². The molecule has 88 valence electrons. The van der Waals surface area contributed by atoms with Gasteiger partial charge in [-0.1, -0.05) is 0 Å². The zero-order valence-corrected chi connectivity index (χ0v) is 8.98. The van der Waals surface area contributed by atoms with E-state index >= 15 is 0 Å². The van der Waals surface area contributed by atoms with Crippen molar-refractivity contribution in [2.45, 2.75) is 0 Å². The lowest BCUT2D eigenvalue weighted by atomic mass is 10.5. The first-order valence-corrected chi connectivity index (χ1v) is 5.02. The van der Waals surface area contributed by atoms with Gasteiger partial charge < -0.3 is 16.8 Å². The fourth-order valence-corrected chi connectivity index (χ4v) is 0.815. The van der Waals surface area contributed by atoms with Crippen LogP contribution in [-0.4, -0.2) is 34.4 Å². The van der Waals surface area contributed by atoms with Gasteiger partial charge in [-0.2, -0.15) is 13.5 Å². The van der Waals surface area contributed by atoms with E-state index in [1.165, 1.54) is 4.68 Å². The van der Waals surface area contributed by atoms with Gasteiger partial charge in [0.1, 0.15) is 11.5 Å². The predicted molar refractivity (Wildman–Crippen MR) is 55.8 cm³/mol. The van der Waals surface area contributed by atoms with Crippen LogP contribution in [0.3, 0.4) is 0 Å². The number of nitrogens with two attached hydrogens (primary N) is 2. The molecule has 1 aromatic heterocycles. The molecule has 1 heterocycles. The molecule has 0 aliphatic carbocycles.